The van der Waals surface area contributed by atoms with Crippen molar-refractivity contribution in [3.63, 3.8) is 0 Å². The Kier molecular flexibility index (Phi) is 3.39. The van der Waals surface area contributed by atoms with Crippen molar-refractivity contribution in [2.45, 2.75) is 31.5 Å². The van der Waals surface area contributed by atoms with Crippen LogP contribution in [0.1, 0.15) is 30.1 Å². The van der Waals surface area contributed by atoms with Crippen LogP contribution in [-0.4, -0.2) is 22.7 Å². The third-order valence-corrected chi connectivity index (χ3v) is 3.52. The van der Waals surface area contributed by atoms with Gasteiger partial charge in [0.15, 0.2) is 5.69 Å². The van der Waals surface area contributed by atoms with Crippen molar-refractivity contribution < 1.29 is 18.0 Å². The molecular weight excluding hydrogens is 315 g/mol. The number of nitrogens with one attached hydrogen (secondary N) is 1. The summed E-state index contributed by atoms with van der Waals surface area (Å²) in [7, 11) is 1.43. The molecule has 1 heterocycles. The fourth-order valence-electron chi connectivity index (χ4n) is 1.72. The average molecular weight is 326 g/mol. The number of nitrogens with zero attached hydrogens (tertiary/aromatic N) is 2. The number of hydrogen-bond donors (Lipinski definition) is 1. The molecule has 1 aromatic heterocycles. The van der Waals surface area contributed by atoms with E-state index in [1.54, 1.807) is 0 Å². The van der Waals surface area contributed by atoms with E-state index in [-0.39, 0.29) is 22.8 Å². The maximum Gasteiger partial charge on any atom is 0.436 e. The highest BCUT2D eigenvalue weighted by molar-refractivity contribution is 9.10. The third kappa shape index (κ3) is 2.52. The lowest BCUT2D eigenvalue weighted by molar-refractivity contribution is -0.142. The van der Waals surface area contributed by atoms with E-state index < -0.39 is 11.9 Å². The van der Waals surface area contributed by atoms with Gasteiger partial charge in [0.2, 0.25) is 5.91 Å². The van der Waals surface area contributed by atoms with Crippen molar-refractivity contribution in [2.75, 3.05) is 7.05 Å². The van der Waals surface area contributed by atoms with Crippen molar-refractivity contribution in [1.29, 1.82) is 0 Å². The zero-order valence-corrected chi connectivity index (χ0v) is 11.1. The Balaban J connectivity index is 2.41. The predicted molar refractivity (Wildman–Crippen MR) is 61.0 cm³/mol. The van der Waals surface area contributed by atoms with Crippen molar-refractivity contribution in [3.05, 3.63) is 15.9 Å². The number of likely N-dealkylation sites (N-methyl/N-ethyl adjacent to an activating group) is 1. The Hall–Kier alpha value is -1.05. The highest BCUT2D eigenvalue weighted by Gasteiger charge is 2.41. The molecule has 4 nitrogen and oxygen atoms in total. The summed E-state index contributed by atoms with van der Waals surface area (Å²) in [6, 6.07) is 0. The van der Waals surface area contributed by atoms with Crippen molar-refractivity contribution in [3.8, 4) is 0 Å². The lowest BCUT2D eigenvalue weighted by Crippen LogP contribution is -2.25. The fraction of sp³-hybridized carbons (Fsp3) is 0.600. The van der Waals surface area contributed by atoms with Crippen LogP contribution in [0.3, 0.4) is 0 Å². The Bertz CT molecular complexity index is 479. The molecule has 18 heavy (non-hydrogen) atoms. The maximum absolute atomic E-state index is 12.7. The summed E-state index contributed by atoms with van der Waals surface area (Å²) in [4.78, 5) is 11.3. The molecule has 2 rings (SSSR count). The monoisotopic (exact) mass is 325 g/mol. The minimum absolute atomic E-state index is 0.0404. The van der Waals surface area contributed by atoms with Crippen LogP contribution in [0, 0.1) is 0 Å². The number of carbonyl (C=O) groups excluding carboxylic acids is 1. The van der Waals surface area contributed by atoms with Gasteiger partial charge in [0.1, 0.15) is 6.54 Å². The van der Waals surface area contributed by atoms with Gasteiger partial charge in [-0.3, -0.25) is 9.48 Å². The highest BCUT2D eigenvalue weighted by Crippen LogP contribution is 2.46. The number of amides is 1. The van der Waals surface area contributed by atoms with Crippen LogP contribution in [-0.2, 0) is 17.5 Å². The summed E-state index contributed by atoms with van der Waals surface area (Å²) in [5, 5.41) is 5.89. The molecule has 0 aromatic carbocycles. The van der Waals surface area contributed by atoms with E-state index in [0.717, 1.165) is 17.5 Å². The van der Waals surface area contributed by atoms with Gasteiger partial charge in [-0.25, -0.2) is 0 Å². The normalized spacial score (nSPS) is 15.8. The molecule has 0 atom stereocenters. The van der Waals surface area contributed by atoms with Crippen LogP contribution < -0.4 is 5.32 Å². The summed E-state index contributed by atoms with van der Waals surface area (Å²) in [6.45, 7) is -0.197. The van der Waals surface area contributed by atoms with E-state index in [0.29, 0.717) is 5.69 Å². The van der Waals surface area contributed by atoms with Crippen LogP contribution in [0.15, 0.2) is 4.47 Å². The summed E-state index contributed by atoms with van der Waals surface area (Å²) in [5.74, 6) is -0.312. The first-order valence-corrected chi connectivity index (χ1v) is 6.18. The SMILES string of the molecule is CNC(=O)Cn1nc(C(F)(F)F)c(Br)c1C1CC1. The molecule has 1 fully saturated rings. The van der Waals surface area contributed by atoms with E-state index in [1.807, 2.05) is 0 Å². The first-order valence-electron chi connectivity index (χ1n) is 5.38. The molecule has 1 saturated carbocycles. The summed E-state index contributed by atoms with van der Waals surface area (Å²) >= 11 is 2.96. The molecular formula is C10H11BrF3N3O. The second kappa shape index (κ2) is 4.56. The third-order valence-electron chi connectivity index (χ3n) is 2.74. The van der Waals surface area contributed by atoms with Crippen LogP contribution in [0.2, 0.25) is 0 Å². The second-order valence-corrected chi connectivity index (χ2v) is 4.94. The summed E-state index contributed by atoms with van der Waals surface area (Å²) in [6.07, 6.45) is -2.86. The lowest BCUT2D eigenvalue weighted by atomic mass is 10.2. The Morgan fingerprint density at radius 3 is 2.61 bits per heavy atom. The van der Waals surface area contributed by atoms with Gasteiger partial charge in [-0.15, -0.1) is 0 Å². The van der Waals surface area contributed by atoms with Gasteiger partial charge >= 0.3 is 6.18 Å². The second-order valence-electron chi connectivity index (χ2n) is 4.15. The summed E-state index contributed by atoms with van der Waals surface area (Å²) < 4.78 is 39.3. The average Bonchev–Trinajstić information content (AvgIpc) is 3.03. The smallest absolute Gasteiger partial charge is 0.358 e. The standard InChI is InChI=1S/C10H11BrF3N3O/c1-15-6(18)4-17-8(5-2-3-5)7(11)9(16-17)10(12,13)14/h5H,2-4H2,1H3,(H,15,18). The zero-order valence-electron chi connectivity index (χ0n) is 9.51. The van der Waals surface area contributed by atoms with Gasteiger partial charge < -0.3 is 5.32 Å². The number of aromatic nitrogens is 2. The van der Waals surface area contributed by atoms with Crippen molar-refractivity contribution >= 4 is 21.8 Å². The molecule has 0 aliphatic heterocycles. The molecule has 0 bridgehead atoms. The Morgan fingerprint density at radius 1 is 1.56 bits per heavy atom. The van der Waals surface area contributed by atoms with Gasteiger partial charge in [-0.05, 0) is 28.8 Å². The van der Waals surface area contributed by atoms with E-state index in [4.69, 9.17) is 0 Å². The molecule has 0 radical (unpaired) electrons. The van der Waals surface area contributed by atoms with E-state index >= 15 is 0 Å². The number of alkyl halides is 3. The summed E-state index contributed by atoms with van der Waals surface area (Å²) in [5.41, 5.74) is -0.501. The van der Waals surface area contributed by atoms with E-state index in [1.165, 1.54) is 7.05 Å². The molecule has 1 N–H and O–H groups in total. The van der Waals surface area contributed by atoms with Crippen molar-refractivity contribution in [1.82, 2.24) is 15.1 Å². The van der Waals surface area contributed by atoms with E-state index in [2.05, 4.69) is 26.3 Å². The van der Waals surface area contributed by atoms with E-state index in [9.17, 15) is 18.0 Å². The Morgan fingerprint density at radius 2 is 2.17 bits per heavy atom. The predicted octanol–water partition coefficient (Wildman–Crippen LogP) is 2.29. The molecule has 1 aliphatic rings. The lowest BCUT2D eigenvalue weighted by Gasteiger charge is -2.05. The molecule has 8 heteroatoms. The molecule has 0 unspecified atom stereocenters. The fourth-order valence-corrected chi connectivity index (χ4v) is 2.55. The quantitative estimate of drug-likeness (QED) is 0.926. The number of hydrogen-bond acceptors (Lipinski definition) is 2. The van der Waals surface area contributed by atoms with Crippen LogP contribution in [0.5, 0.6) is 0 Å². The van der Waals surface area contributed by atoms with Crippen LogP contribution in [0.25, 0.3) is 0 Å². The minimum Gasteiger partial charge on any atom is -0.358 e. The van der Waals surface area contributed by atoms with Gasteiger partial charge in [-0.1, -0.05) is 0 Å². The van der Waals surface area contributed by atoms with Gasteiger partial charge in [-0.2, -0.15) is 18.3 Å². The topological polar surface area (TPSA) is 46.9 Å². The number of carbonyl (C=O) groups is 1. The Labute approximate surface area is 110 Å². The zero-order chi connectivity index (χ0) is 13.5. The number of rotatable bonds is 3. The van der Waals surface area contributed by atoms with Crippen LogP contribution >= 0.6 is 15.9 Å². The van der Waals surface area contributed by atoms with Gasteiger partial charge in [0.25, 0.3) is 0 Å². The van der Waals surface area contributed by atoms with Gasteiger partial charge in [0.05, 0.1) is 10.2 Å². The molecule has 1 amide bonds. The molecule has 0 saturated heterocycles. The molecule has 100 valence electrons. The van der Waals surface area contributed by atoms with Crippen molar-refractivity contribution in [2.24, 2.45) is 0 Å². The highest BCUT2D eigenvalue weighted by atomic mass is 79.9. The first-order chi connectivity index (χ1) is 8.34. The first kappa shape index (κ1) is 13.4. The largest absolute Gasteiger partial charge is 0.436 e. The molecule has 1 aliphatic carbocycles. The van der Waals surface area contributed by atoms with Gasteiger partial charge in [0, 0.05) is 13.0 Å². The molecule has 1 aromatic rings. The number of halogens is 4. The molecule has 0 spiro atoms. The van der Waals surface area contributed by atoms with Crippen LogP contribution in [0.4, 0.5) is 13.2 Å². The maximum atomic E-state index is 12.7. The minimum atomic E-state index is -4.52.